The van der Waals surface area contributed by atoms with Gasteiger partial charge < -0.3 is 4.74 Å². The van der Waals surface area contributed by atoms with Gasteiger partial charge in [-0.3, -0.25) is 4.79 Å². The van der Waals surface area contributed by atoms with Crippen molar-refractivity contribution >= 4 is 15.8 Å². The Morgan fingerprint density at radius 2 is 1.94 bits per heavy atom. The fraction of sp³-hybridized carbons (Fsp3) is 0.300. The number of hydrogen-bond donors (Lipinski definition) is 0. The van der Waals surface area contributed by atoms with Crippen LogP contribution in [0.4, 0.5) is 0 Å². The molecule has 0 aromatic heterocycles. The Kier molecular flexibility index (Phi) is 4.60. The van der Waals surface area contributed by atoms with Crippen molar-refractivity contribution in [3.05, 3.63) is 35.3 Å². The number of diazo groups is 1. The highest BCUT2D eigenvalue weighted by molar-refractivity contribution is 7.92. The number of carbonyl (C=O) groups excluding carboxylic acids is 1. The third-order valence-electron chi connectivity index (χ3n) is 1.86. The maximum absolute atomic E-state index is 11.7. The fourth-order valence-corrected chi connectivity index (χ4v) is 2.24. The van der Waals surface area contributed by atoms with Crippen LogP contribution in [0.25, 0.3) is 4.98 Å². The molecule has 0 aliphatic heterocycles. The summed E-state index contributed by atoms with van der Waals surface area (Å²) in [6, 6.07) is 7.64. The van der Waals surface area contributed by atoms with Crippen LogP contribution >= 0.6 is 0 Å². The molecule has 0 spiro atoms. The van der Waals surface area contributed by atoms with Gasteiger partial charge in [0.25, 0.3) is 0 Å². The molecule has 7 heteroatoms. The van der Waals surface area contributed by atoms with E-state index in [9.17, 15) is 13.2 Å². The number of sulfone groups is 1. The van der Waals surface area contributed by atoms with Crippen LogP contribution in [0, 0.1) is 5.39 Å². The van der Waals surface area contributed by atoms with E-state index >= 15 is 0 Å². The van der Waals surface area contributed by atoms with Crippen LogP contribution < -0.4 is 0 Å². The number of ether oxygens (including phenoxy) is 1. The van der Waals surface area contributed by atoms with Gasteiger partial charge in [0.05, 0.1) is 4.90 Å². The van der Waals surface area contributed by atoms with Crippen molar-refractivity contribution in [2.45, 2.75) is 4.90 Å². The minimum atomic E-state index is -3.66. The molecule has 17 heavy (non-hydrogen) atoms. The fourth-order valence-electron chi connectivity index (χ4n) is 1.11. The molecule has 0 saturated heterocycles. The Morgan fingerprint density at radius 1 is 1.29 bits per heavy atom. The van der Waals surface area contributed by atoms with Gasteiger partial charge in [-0.05, 0) is 12.1 Å². The maximum Gasteiger partial charge on any atom is 0.338 e. The molecule has 0 aliphatic carbocycles. The van der Waals surface area contributed by atoms with Gasteiger partial charge in [0, 0.05) is 0 Å². The molecule has 0 amide bonds. The van der Waals surface area contributed by atoms with Gasteiger partial charge in [-0.25, -0.2) is 8.42 Å². The lowest BCUT2D eigenvalue weighted by Crippen LogP contribution is -2.19. The first-order chi connectivity index (χ1) is 8.06. The lowest BCUT2D eigenvalue weighted by atomic mass is 10.4. The van der Waals surface area contributed by atoms with Gasteiger partial charge >= 0.3 is 12.5 Å². The molecule has 90 valence electrons. The molecule has 1 rings (SSSR count). The van der Waals surface area contributed by atoms with Crippen molar-refractivity contribution in [2.24, 2.45) is 0 Å². The third-order valence-corrected chi connectivity index (χ3v) is 3.47. The van der Waals surface area contributed by atoms with Crippen molar-refractivity contribution < 1.29 is 17.9 Å². The Balaban J connectivity index is 2.63. The summed E-state index contributed by atoms with van der Waals surface area (Å²) in [5, 5.41) is 8.11. The summed E-state index contributed by atoms with van der Waals surface area (Å²) in [6.45, 7) is -0.212. The van der Waals surface area contributed by atoms with E-state index in [1.807, 2.05) is 0 Å². The molecule has 0 unspecified atom stereocenters. The van der Waals surface area contributed by atoms with Crippen LogP contribution in [0.15, 0.2) is 35.2 Å². The van der Waals surface area contributed by atoms with Crippen LogP contribution in [-0.4, -0.2) is 33.3 Å². The lowest BCUT2D eigenvalue weighted by molar-refractivity contribution is -0.140. The molecule has 1 aromatic carbocycles. The van der Waals surface area contributed by atoms with Crippen LogP contribution in [0.5, 0.6) is 0 Å². The number of nitrogens with zero attached hydrogens (tertiary/aromatic N) is 2. The first kappa shape index (κ1) is 13.1. The molecule has 0 fully saturated rings. The summed E-state index contributed by atoms with van der Waals surface area (Å²) >= 11 is 0. The molecule has 6 nitrogen and oxygen atoms in total. The van der Waals surface area contributed by atoms with E-state index in [2.05, 4.69) is 9.71 Å². The first-order valence-electron chi connectivity index (χ1n) is 4.80. The predicted molar refractivity (Wildman–Crippen MR) is 59.4 cm³/mol. The maximum atomic E-state index is 11.7. The molecule has 0 aliphatic rings. The quantitative estimate of drug-likeness (QED) is 0.442. The summed E-state index contributed by atoms with van der Waals surface area (Å²) in [5.74, 6) is -1.58. The smallest absolute Gasteiger partial charge is 0.338 e. The van der Waals surface area contributed by atoms with Gasteiger partial charge in [0.1, 0.15) is 4.98 Å². The Hall–Kier alpha value is -1.94. The second kappa shape index (κ2) is 5.96. The molecule has 0 radical (unpaired) electrons. The zero-order valence-corrected chi connectivity index (χ0v) is 9.76. The Bertz CT molecular complexity index is 519. The standard InChI is InChI=1S/C10H11N2O4S/c11-12-6-7-16-10(13)8-17(14,15)9-4-2-1-3-5-9/h1-5H,6-8H2/q+1. The molecule has 1 aromatic rings. The van der Waals surface area contributed by atoms with E-state index in [4.69, 9.17) is 5.39 Å². The SMILES string of the molecule is N#[N+]CCOC(=O)CS(=O)(=O)c1ccccc1. The zero-order valence-electron chi connectivity index (χ0n) is 8.94. The normalized spacial score (nSPS) is 10.5. The first-order valence-corrected chi connectivity index (χ1v) is 6.46. The number of carbonyl (C=O) groups is 1. The van der Waals surface area contributed by atoms with E-state index in [1.54, 1.807) is 18.2 Å². The Morgan fingerprint density at radius 3 is 2.53 bits per heavy atom. The number of rotatable bonds is 5. The second-order valence-electron chi connectivity index (χ2n) is 3.16. The highest BCUT2D eigenvalue weighted by Gasteiger charge is 2.20. The molecule has 0 bridgehead atoms. The van der Waals surface area contributed by atoms with Gasteiger partial charge in [-0.15, -0.1) is 0 Å². The molecule has 0 saturated carbocycles. The van der Waals surface area contributed by atoms with Gasteiger partial charge in [0.2, 0.25) is 5.39 Å². The average Bonchev–Trinajstić information content (AvgIpc) is 2.30. The average molecular weight is 255 g/mol. The zero-order chi connectivity index (χ0) is 12.7. The molecular formula is C10H11N2O4S+. The van der Waals surface area contributed by atoms with Gasteiger partial charge in [0.15, 0.2) is 22.2 Å². The molecule has 0 N–H and O–H groups in total. The van der Waals surface area contributed by atoms with Crippen molar-refractivity contribution in [3.8, 4) is 0 Å². The van der Waals surface area contributed by atoms with E-state index in [0.29, 0.717) is 0 Å². The molecular weight excluding hydrogens is 244 g/mol. The van der Waals surface area contributed by atoms with Gasteiger partial charge in [-0.1, -0.05) is 18.2 Å². The predicted octanol–water partition coefficient (Wildman–Crippen LogP) is 0.857. The van der Waals surface area contributed by atoms with Crippen LogP contribution in [-0.2, 0) is 19.4 Å². The van der Waals surface area contributed by atoms with Crippen molar-refractivity contribution in [2.75, 3.05) is 18.9 Å². The lowest BCUT2D eigenvalue weighted by Gasteiger charge is -2.03. The monoisotopic (exact) mass is 255 g/mol. The summed E-state index contributed by atoms with van der Waals surface area (Å²) in [5.41, 5.74) is 0. The highest BCUT2D eigenvalue weighted by atomic mass is 32.2. The van der Waals surface area contributed by atoms with Gasteiger partial charge in [-0.2, -0.15) is 0 Å². The highest BCUT2D eigenvalue weighted by Crippen LogP contribution is 2.10. The van der Waals surface area contributed by atoms with Crippen LogP contribution in [0.1, 0.15) is 0 Å². The summed E-state index contributed by atoms with van der Waals surface area (Å²) in [4.78, 5) is 14.0. The van der Waals surface area contributed by atoms with Crippen LogP contribution in [0.3, 0.4) is 0 Å². The minimum absolute atomic E-state index is 0.0723. The summed E-state index contributed by atoms with van der Waals surface area (Å²) < 4.78 is 28.0. The summed E-state index contributed by atoms with van der Waals surface area (Å²) in [6.07, 6.45) is 0. The largest absolute Gasteiger partial charge is 0.457 e. The van der Waals surface area contributed by atoms with Crippen molar-refractivity contribution in [1.29, 1.82) is 5.39 Å². The number of hydrogen-bond acceptors (Lipinski definition) is 5. The molecule has 0 heterocycles. The Labute approximate surface area is 98.8 Å². The third kappa shape index (κ3) is 4.20. The minimum Gasteiger partial charge on any atom is -0.457 e. The van der Waals surface area contributed by atoms with Crippen molar-refractivity contribution in [3.63, 3.8) is 0 Å². The molecule has 0 atom stereocenters. The number of benzene rings is 1. The number of esters is 1. The van der Waals surface area contributed by atoms with E-state index in [0.717, 1.165) is 0 Å². The topological polar surface area (TPSA) is 88.6 Å². The van der Waals surface area contributed by atoms with Crippen molar-refractivity contribution in [1.82, 2.24) is 0 Å². The van der Waals surface area contributed by atoms with Crippen LogP contribution in [0.2, 0.25) is 0 Å². The van der Waals surface area contributed by atoms with E-state index in [-0.39, 0.29) is 18.0 Å². The van der Waals surface area contributed by atoms with E-state index < -0.39 is 21.6 Å². The second-order valence-corrected chi connectivity index (χ2v) is 5.15. The van der Waals surface area contributed by atoms with E-state index in [1.165, 1.54) is 12.1 Å². The summed E-state index contributed by atoms with van der Waals surface area (Å²) in [7, 11) is -3.66.